The van der Waals surface area contributed by atoms with E-state index in [1.165, 1.54) is 34.5 Å². The molecule has 1 aromatic carbocycles. The van der Waals surface area contributed by atoms with E-state index in [-0.39, 0.29) is 23.0 Å². The Morgan fingerprint density at radius 2 is 1.33 bits per heavy atom. The van der Waals surface area contributed by atoms with Crippen molar-refractivity contribution >= 4 is 0 Å². The van der Waals surface area contributed by atoms with Gasteiger partial charge in [-0.05, 0) is 0 Å². The van der Waals surface area contributed by atoms with E-state index < -0.39 is 0 Å². The minimum atomic E-state index is -0.363. The van der Waals surface area contributed by atoms with Crippen molar-refractivity contribution in [1.82, 2.24) is 0 Å². The van der Waals surface area contributed by atoms with Crippen molar-refractivity contribution in [2.45, 2.75) is 0 Å². The molecular weight excluding hydrogens is 200 g/mol. The number of benzene rings is 1. The predicted octanol–water partition coefficient (Wildman–Crippen LogP) is 1.86. The van der Waals surface area contributed by atoms with Crippen molar-refractivity contribution in [3.05, 3.63) is 6.07 Å². The van der Waals surface area contributed by atoms with Crippen LogP contribution in [0, 0.1) is 0 Å². The molecule has 0 N–H and O–H groups in total. The minimum absolute atomic E-state index is 0.0775. The first-order chi connectivity index (χ1) is 7.19. The zero-order valence-electron chi connectivity index (χ0n) is 9.12. The van der Waals surface area contributed by atoms with Gasteiger partial charge in [0.15, 0.2) is 11.5 Å². The molecule has 1 rings (SSSR count). The Bertz CT molecular complexity index is 348. The van der Waals surface area contributed by atoms with Gasteiger partial charge in [-0.15, -0.1) is 0 Å². The van der Waals surface area contributed by atoms with Gasteiger partial charge < -0.3 is 18.9 Å². The van der Waals surface area contributed by atoms with Gasteiger partial charge in [0.2, 0.25) is 11.5 Å². The van der Waals surface area contributed by atoms with Crippen LogP contribution in [0.1, 0.15) is 0 Å². The van der Waals surface area contributed by atoms with E-state index in [4.69, 9.17) is 18.9 Å². The third-order valence-corrected chi connectivity index (χ3v) is 1.97. The van der Waals surface area contributed by atoms with E-state index >= 15 is 0 Å². The molecule has 0 aliphatic carbocycles. The van der Waals surface area contributed by atoms with Crippen LogP contribution in [0.25, 0.3) is 0 Å². The number of hydrogen-bond donors (Lipinski definition) is 0. The van der Waals surface area contributed by atoms with E-state index in [2.05, 4.69) is 0 Å². The molecule has 5 nitrogen and oxygen atoms in total. The lowest BCUT2D eigenvalue weighted by Gasteiger charge is -2.14. The van der Waals surface area contributed by atoms with Gasteiger partial charge in [0.25, 0.3) is 5.75 Å². The molecule has 0 aromatic heterocycles. The third kappa shape index (κ3) is 1.86. The maximum atomic E-state index is 11.7. The summed E-state index contributed by atoms with van der Waals surface area (Å²) >= 11 is 0. The monoisotopic (exact) mass is 213 g/mol. The smallest absolute Gasteiger partial charge is 0.266 e. The Morgan fingerprint density at radius 3 is 1.73 bits per heavy atom. The number of rotatable bonds is 4. The van der Waals surface area contributed by atoms with E-state index in [1.54, 1.807) is 0 Å². The third-order valence-electron chi connectivity index (χ3n) is 1.97. The van der Waals surface area contributed by atoms with Gasteiger partial charge in [-0.3, -0.25) is 5.11 Å². The Labute approximate surface area is 88.1 Å². The lowest BCUT2D eigenvalue weighted by atomic mass is 10.2. The van der Waals surface area contributed by atoms with Crippen LogP contribution in [0.4, 0.5) is 0 Å². The van der Waals surface area contributed by atoms with Gasteiger partial charge in [0.1, 0.15) is 0 Å². The molecule has 0 saturated heterocycles. The Hall–Kier alpha value is -1.78. The summed E-state index contributed by atoms with van der Waals surface area (Å²) in [6, 6.07) is 1.46. The van der Waals surface area contributed by atoms with Gasteiger partial charge in [-0.25, -0.2) is 0 Å². The summed E-state index contributed by atoms with van der Waals surface area (Å²) in [5.74, 6) is 0.535. The van der Waals surface area contributed by atoms with Crippen molar-refractivity contribution in [3.8, 4) is 28.7 Å². The first-order valence-corrected chi connectivity index (χ1v) is 4.23. The van der Waals surface area contributed by atoms with Crippen LogP contribution in [0.15, 0.2) is 6.07 Å². The molecule has 0 amide bonds. The summed E-state index contributed by atoms with van der Waals surface area (Å²) in [7, 11) is 5.70. The number of methoxy groups -OCH3 is 4. The standard InChI is InChI=1S/C10H13O5/c1-12-6-5-7(13-2)9(14-3)10(15-4)8(6)11/h5H,1-4H3. The van der Waals surface area contributed by atoms with Crippen molar-refractivity contribution in [3.63, 3.8) is 0 Å². The average molecular weight is 213 g/mol. The largest absolute Gasteiger partial charge is 0.493 e. The Morgan fingerprint density at radius 1 is 0.800 bits per heavy atom. The van der Waals surface area contributed by atoms with Crippen LogP contribution in [-0.2, 0) is 5.11 Å². The highest BCUT2D eigenvalue weighted by Crippen LogP contribution is 2.49. The fourth-order valence-corrected chi connectivity index (χ4v) is 1.26. The molecule has 0 saturated carbocycles. The molecule has 83 valence electrons. The first-order valence-electron chi connectivity index (χ1n) is 4.23. The molecular formula is C10H13O5. The zero-order valence-corrected chi connectivity index (χ0v) is 9.12. The molecule has 0 atom stereocenters. The Kier molecular flexibility index (Phi) is 3.49. The molecule has 0 aliphatic heterocycles. The van der Waals surface area contributed by atoms with Gasteiger partial charge in [-0.1, -0.05) is 0 Å². The summed E-state index contributed by atoms with van der Waals surface area (Å²) in [5, 5.41) is 11.7. The summed E-state index contributed by atoms with van der Waals surface area (Å²) in [4.78, 5) is 0. The molecule has 0 unspecified atom stereocenters. The van der Waals surface area contributed by atoms with Gasteiger partial charge in [-0.2, -0.15) is 0 Å². The lowest BCUT2D eigenvalue weighted by molar-refractivity contribution is 0.268. The normalized spacial score (nSPS) is 9.60. The van der Waals surface area contributed by atoms with Crippen LogP contribution < -0.4 is 18.9 Å². The second-order valence-corrected chi connectivity index (χ2v) is 2.68. The molecule has 0 spiro atoms. The van der Waals surface area contributed by atoms with E-state index in [1.807, 2.05) is 0 Å². The summed E-state index contributed by atoms with van der Waals surface area (Å²) in [5.41, 5.74) is 0. The number of hydrogen-bond acceptors (Lipinski definition) is 4. The van der Waals surface area contributed by atoms with E-state index in [0.29, 0.717) is 5.75 Å². The zero-order chi connectivity index (χ0) is 11.4. The highest BCUT2D eigenvalue weighted by molar-refractivity contribution is 5.64. The highest BCUT2D eigenvalue weighted by atomic mass is 16.5. The SMILES string of the molecule is COc1cc(OC)c(OC)c(OC)c1[O]. The van der Waals surface area contributed by atoms with Crippen molar-refractivity contribution in [2.24, 2.45) is 0 Å². The van der Waals surface area contributed by atoms with Crippen molar-refractivity contribution in [2.75, 3.05) is 28.4 Å². The second kappa shape index (κ2) is 4.63. The van der Waals surface area contributed by atoms with Gasteiger partial charge in [0, 0.05) is 6.07 Å². The topological polar surface area (TPSA) is 56.8 Å². The summed E-state index contributed by atoms with van der Waals surface area (Å²) < 4.78 is 19.9. The highest BCUT2D eigenvalue weighted by Gasteiger charge is 2.22. The average Bonchev–Trinajstić information content (AvgIpc) is 2.28. The lowest BCUT2D eigenvalue weighted by Crippen LogP contribution is -1.96. The van der Waals surface area contributed by atoms with Crippen LogP contribution in [0.5, 0.6) is 28.7 Å². The predicted molar refractivity (Wildman–Crippen MR) is 52.8 cm³/mol. The summed E-state index contributed by atoms with van der Waals surface area (Å²) in [6.07, 6.45) is 0. The molecule has 5 heteroatoms. The van der Waals surface area contributed by atoms with Gasteiger partial charge in [0.05, 0.1) is 28.4 Å². The van der Waals surface area contributed by atoms with E-state index in [0.717, 1.165) is 0 Å². The molecule has 1 aromatic rings. The molecule has 0 heterocycles. The first kappa shape index (κ1) is 11.3. The van der Waals surface area contributed by atoms with Crippen LogP contribution in [0.2, 0.25) is 0 Å². The molecule has 1 radical (unpaired) electrons. The maximum absolute atomic E-state index is 11.7. The second-order valence-electron chi connectivity index (χ2n) is 2.68. The quantitative estimate of drug-likeness (QED) is 0.766. The number of ether oxygens (including phenoxy) is 4. The molecule has 0 aliphatic rings. The fraction of sp³-hybridized carbons (Fsp3) is 0.400. The molecule has 0 bridgehead atoms. The van der Waals surface area contributed by atoms with Crippen LogP contribution in [-0.4, -0.2) is 28.4 Å². The van der Waals surface area contributed by atoms with Crippen molar-refractivity contribution in [1.29, 1.82) is 0 Å². The molecule has 0 fully saturated rings. The van der Waals surface area contributed by atoms with Crippen LogP contribution in [0.3, 0.4) is 0 Å². The fourth-order valence-electron chi connectivity index (χ4n) is 1.26. The Balaban J connectivity index is 3.43. The minimum Gasteiger partial charge on any atom is -0.493 e. The van der Waals surface area contributed by atoms with Crippen LogP contribution >= 0.6 is 0 Å². The van der Waals surface area contributed by atoms with E-state index in [9.17, 15) is 5.11 Å². The summed E-state index contributed by atoms with van der Waals surface area (Å²) in [6.45, 7) is 0. The van der Waals surface area contributed by atoms with Gasteiger partial charge >= 0.3 is 0 Å². The molecule has 15 heavy (non-hydrogen) atoms. The van der Waals surface area contributed by atoms with Crippen molar-refractivity contribution < 1.29 is 24.1 Å². The maximum Gasteiger partial charge on any atom is 0.266 e.